The normalized spacial score (nSPS) is 15.7. The molecular weight excluding hydrogens is 354 g/mol. The monoisotopic (exact) mass is 377 g/mol. The number of aromatic nitrogens is 3. The van der Waals surface area contributed by atoms with Gasteiger partial charge in [-0.05, 0) is 31.0 Å². The van der Waals surface area contributed by atoms with Crippen LogP contribution in [-0.4, -0.2) is 29.1 Å². The van der Waals surface area contributed by atoms with Crippen molar-refractivity contribution in [3.63, 3.8) is 0 Å². The lowest BCUT2D eigenvalue weighted by atomic mass is 9.95. The van der Waals surface area contributed by atoms with Gasteiger partial charge in [-0.25, -0.2) is 13.1 Å². The number of nitrogens with one attached hydrogen (secondary N) is 2. The average Bonchev–Trinajstić information content (AvgIpc) is 3.09. The molecule has 0 aliphatic heterocycles. The van der Waals surface area contributed by atoms with Gasteiger partial charge in [-0.3, -0.25) is 4.79 Å². The van der Waals surface area contributed by atoms with E-state index in [1.54, 1.807) is 18.5 Å². The van der Waals surface area contributed by atoms with Crippen LogP contribution in [0.4, 0.5) is 5.69 Å². The fraction of sp³-hybridized carbons (Fsp3) is 0.471. The van der Waals surface area contributed by atoms with Crippen molar-refractivity contribution in [1.29, 1.82) is 0 Å². The lowest BCUT2D eigenvalue weighted by Crippen LogP contribution is -2.26. The van der Waals surface area contributed by atoms with E-state index in [0.29, 0.717) is 17.6 Å². The molecule has 1 aliphatic rings. The molecule has 1 aliphatic carbocycles. The largest absolute Gasteiger partial charge is 0.326 e. The Labute approximate surface area is 153 Å². The van der Waals surface area contributed by atoms with Crippen LogP contribution in [0.1, 0.15) is 50.9 Å². The van der Waals surface area contributed by atoms with Crippen molar-refractivity contribution < 1.29 is 13.2 Å². The minimum atomic E-state index is -3.72. The molecule has 0 atom stereocenters. The van der Waals surface area contributed by atoms with Gasteiger partial charge in [0.15, 0.2) is 0 Å². The third-order valence-corrected chi connectivity index (χ3v) is 5.90. The van der Waals surface area contributed by atoms with E-state index in [2.05, 4.69) is 20.2 Å². The van der Waals surface area contributed by atoms with Crippen LogP contribution in [0, 0.1) is 0 Å². The SMILES string of the molecule is CC(=O)Nc1cccc(S(=O)(=O)NCc2nncn2C2CCCCC2)c1. The van der Waals surface area contributed by atoms with Crippen molar-refractivity contribution in [3.8, 4) is 0 Å². The van der Waals surface area contributed by atoms with E-state index in [1.165, 1.54) is 38.3 Å². The molecule has 3 rings (SSSR count). The Morgan fingerprint density at radius 1 is 1.27 bits per heavy atom. The van der Waals surface area contributed by atoms with E-state index in [-0.39, 0.29) is 17.3 Å². The first-order valence-electron chi connectivity index (χ1n) is 8.71. The highest BCUT2D eigenvalue weighted by atomic mass is 32.2. The molecule has 0 spiro atoms. The van der Waals surface area contributed by atoms with Gasteiger partial charge >= 0.3 is 0 Å². The highest BCUT2D eigenvalue weighted by Crippen LogP contribution is 2.28. The molecule has 0 unspecified atom stereocenters. The summed E-state index contributed by atoms with van der Waals surface area (Å²) < 4.78 is 29.7. The third kappa shape index (κ3) is 4.47. The Morgan fingerprint density at radius 3 is 2.77 bits per heavy atom. The second-order valence-electron chi connectivity index (χ2n) is 6.48. The predicted octanol–water partition coefficient (Wildman–Crippen LogP) is 2.22. The van der Waals surface area contributed by atoms with Gasteiger partial charge < -0.3 is 9.88 Å². The van der Waals surface area contributed by atoms with Gasteiger partial charge in [0.1, 0.15) is 12.2 Å². The molecule has 26 heavy (non-hydrogen) atoms. The minimum Gasteiger partial charge on any atom is -0.326 e. The summed E-state index contributed by atoms with van der Waals surface area (Å²) in [6.45, 7) is 1.45. The summed E-state index contributed by atoms with van der Waals surface area (Å²) in [7, 11) is -3.72. The van der Waals surface area contributed by atoms with Crippen LogP contribution < -0.4 is 10.0 Å². The maximum Gasteiger partial charge on any atom is 0.241 e. The molecule has 1 aromatic carbocycles. The summed E-state index contributed by atoms with van der Waals surface area (Å²) in [5.41, 5.74) is 0.436. The van der Waals surface area contributed by atoms with Gasteiger partial charge in [-0.1, -0.05) is 25.3 Å². The molecule has 2 N–H and O–H groups in total. The summed E-state index contributed by atoms with van der Waals surface area (Å²) >= 11 is 0. The number of amides is 1. The maximum atomic E-state index is 12.6. The first kappa shape index (κ1) is 18.5. The Morgan fingerprint density at radius 2 is 2.04 bits per heavy atom. The molecule has 1 aromatic heterocycles. The Kier molecular flexibility index (Phi) is 5.67. The van der Waals surface area contributed by atoms with Crippen molar-refractivity contribution in [2.24, 2.45) is 0 Å². The molecule has 9 heteroatoms. The second-order valence-corrected chi connectivity index (χ2v) is 8.25. The molecule has 2 aromatic rings. The van der Waals surface area contributed by atoms with E-state index in [0.717, 1.165) is 12.8 Å². The average molecular weight is 377 g/mol. The summed E-state index contributed by atoms with van der Waals surface area (Å²) in [6.07, 6.45) is 7.39. The van der Waals surface area contributed by atoms with Gasteiger partial charge in [0.25, 0.3) is 0 Å². The number of sulfonamides is 1. The number of hydrogen-bond acceptors (Lipinski definition) is 5. The van der Waals surface area contributed by atoms with E-state index in [4.69, 9.17) is 0 Å². The summed E-state index contributed by atoms with van der Waals surface area (Å²) in [6, 6.07) is 6.47. The Hall–Kier alpha value is -2.26. The quantitative estimate of drug-likeness (QED) is 0.803. The van der Waals surface area contributed by atoms with Gasteiger partial charge in [0.05, 0.1) is 11.4 Å². The van der Waals surface area contributed by atoms with Crippen molar-refractivity contribution in [2.75, 3.05) is 5.32 Å². The molecule has 0 saturated heterocycles. The molecule has 0 radical (unpaired) electrons. The highest BCUT2D eigenvalue weighted by molar-refractivity contribution is 7.89. The Balaban J connectivity index is 1.71. The van der Waals surface area contributed by atoms with E-state index < -0.39 is 10.0 Å². The van der Waals surface area contributed by atoms with Gasteiger partial charge in [-0.2, -0.15) is 0 Å². The van der Waals surface area contributed by atoms with Crippen molar-refractivity contribution in [2.45, 2.75) is 56.5 Å². The molecule has 8 nitrogen and oxygen atoms in total. The van der Waals surface area contributed by atoms with E-state index in [1.807, 2.05) is 4.57 Å². The number of nitrogens with zero attached hydrogens (tertiary/aromatic N) is 3. The van der Waals surface area contributed by atoms with Gasteiger partial charge in [0.2, 0.25) is 15.9 Å². The number of anilines is 1. The first-order chi connectivity index (χ1) is 12.5. The molecule has 1 fully saturated rings. The van der Waals surface area contributed by atoms with Crippen LogP contribution in [0.25, 0.3) is 0 Å². The number of benzene rings is 1. The summed E-state index contributed by atoms with van der Waals surface area (Å²) in [4.78, 5) is 11.2. The molecule has 0 bridgehead atoms. The van der Waals surface area contributed by atoms with Gasteiger partial charge in [0, 0.05) is 18.7 Å². The number of hydrogen-bond donors (Lipinski definition) is 2. The third-order valence-electron chi connectivity index (χ3n) is 4.50. The smallest absolute Gasteiger partial charge is 0.241 e. The standard InChI is InChI=1S/C17H23N5O3S/c1-13(23)20-14-6-5-9-16(10-14)26(24,25)19-11-17-21-18-12-22(17)15-7-3-2-4-8-15/h5-6,9-10,12,15,19H,2-4,7-8,11H2,1H3,(H,20,23). The second kappa shape index (κ2) is 7.96. The summed E-state index contributed by atoms with van der Waals surface area (Å²) in [5, 5.41) is 10.6. The van der Waals surface area contributed by atoms with Crippen LogP contribution in [0.5, 0.6) is 0 Å². The maximum absolute atomic E-state index is 12.6. The minimum absolute atomic E-state index is 0.0726. The zero-order valence-corrected chi connectivity index (χ0v) is 15.5. The first-order valence-corrected chi connectivity index (χ1v) is 10.2. The number of carbonyl (C=O) groups excluding carboxylic acids is 1. The van der Waals surface area contributed by atoms with E-state index in [9.17, 15) is 13.2 Å². The summed E-state index contributed by atoms with van der Waals surface area (Å²) in [5.74, 6) is 0.353. The Bertz CT molecular complexity index is 872. The van der Waals surface area contributed by atoms with Crippen LogP contribution in [-0.2, 0) is 21.4 Å². The highest BCUT2D eigenvalue weighted by Gasteiger charge is 2.20. The zero-order chi connectivity index (χ0) is 18.6. The van der Waals surface area contributed by atoms with Crippen LogP contribution in [0.15, 0.2) is 35.5 Å². The van der Waals surface area contributed by atoms with Crippen molar-refractivity contribution in [1.82, 2.24) is 19.5 Å². The van der Waals surface area contributed by atoms with Crippen LogP contribution >= 0.6 is 0 Å². The molecule has 1 saturated carbocycles. The van der Waals surface area contributed by atoms with Crippen molar-refractivity contribution >= 4 is 21.6 Å². The van der Waals surface area contributed by atoms with E-state index >= 15 is 0 Å². The van der Waals surface area contributed by atoms with Crippen molar-refractivity contribution in [3.05, 3.63) is 36.4 Å². The fourth-order valence-corrected chi connectivity index (χ4v) is 4.27. The predicted molar refractivity (Wildman–Crippen MR) is 96.9 cm³/mol. The number of rotatable bonds is 6. The molecule has 1 heterocycles. The van der Waals surface area contributed by atoms with Gasteiger partial charge in [-0.15, -0.1) is 10.2 Å². The zero-order valence-electron chi connectivity index (χ0n) is 14.7. The van der Waals surface area contributed by atoms with Crippen LogP contribution in [0.3, 0.4) is 0 Å². The molecule has 1 amide bonds. The fourth-order valence-electron chi connectivity index (χ4n) is 3.24. The van der Waals surface area contributed by atoms with Crippen LogP contribution in [0.2, 0.25) is 0 Å². The molecule has 140 valence electrons. The lowest BCUT2D eigenvalue weighted by molar-refractivity contribution is -0.114. The lowest BCUT2D eigenvalue weighted by Gasteiger charge is -2.24. The topological polar surface area (TPSA) is 106 Å². The molecular formula is C17H23N5O3S. The number of carbonyl (C=O) groups is 1.